The molecule has 4 aliphatic rings. The van der Waals surface area contributed by atoms with Gasteiger partial charge in [0.05, 0.1) is 79.5 Å². The van der Waals surface area contributed by atoms with Crippen LogP contribution in [0.1, 0.15) is 11.1 Å². The summed E-state index contributed by atoms with van der Waals surface area (Å²) >= 11 is 3.20. The Labute approximate surface area is 335 Å². The van der Waals surface area contributed by atoms with Gasteiger partial charge >= 0.3 is 0 Å². The zero-order valence-corrected chi connectivity index (χ0v) is 33.6. The van der Waals surface area contributed by atoms with Gasteiger partial charge < -0.3 is 41.4 Å². The van der Waals surface area contributed by atoms with Crippen molar-refractivity contribution in [1.82, 2.24) is 19.9 Å². The number of nitrogens with two attached hydrogens (primary N) is 2. The Morgan fingerprint density at radius 1 is 0.714 bits per heavy atom. The van der Waals surface area contributed by atoms with Crippen molar-refractivity contribution in [1.29, 1.82) is 0 Å². The second-order valence-corrected chi connectivity index (χ2v) is 20.0. The van der Waals surface area contributed by atoms with Crippen LogP contribution in [0.3, 0.4) is 0 Å². The van der Waals surface area contributed by atoms with Crippen LogP contribution in [0.25, 0.3) is 30.9 Å². The molecular weight excluding hydrogens is 789 g/mol. The van der Waals surface area contributed by atoms with E-state index in [9.17, 15) is 8.42 Å². The number of fused-ring (bicyclic) bond motifs is 4. The molecule has 290 valence electrons. The first-order chi connectivity index (χ1) is 27.2. The van der Waals surface area contributed by atoms with Gasteiger partial charge in [0.1, 0.15) is 11.6 Å². The highest BCUT2D eigenvalue weighted by molar-refractivity contribution is 7.85. The first-order valence-corrected chi connectivity index (χ1v) is 22.8. The van der Waals surface area contributed by atoms with Crippen LogP contribution in [0.4, 0.5) is 23.5 Å². The monoisotopic (exact) mass is 828 g/mol. The first-order valence-electron chi connectivity index (χ1n) is 18.5. The molecule has 2 fully saturated rings. The summed E-state index contributed by atoms with van der Waals surface area (Å²) in [5.41, 5.74) is 16.7. The van der Waals surface area contributed by atoms with Crippen LogP contribution >= 0.6 is 22.7 Å². The maximum atomic E-state index is 13.6. The Kier molecular flexibility index (Phi) is 9.28. The third-order valence-corrected chi connectivity index (χ3v) is 15.6. The Balaban J connectivity index is 0.984. The van der Waals surface area contributed by atoms with Crippen molar-refractivity contribution < 1.29 is 17.9 Å². The number of hydrogen-bond acceptors (Lipinski definition) is 16. The SMILES string of the molecule is NC1(CNc2nc(N3CCS(=O)c4ccc(-c5cc6nc(N7CCS(=O)c8ccccc8C7)nc(NCC7(N)COC7)c6s5)cc4C3)nc3ccsc23)COC1. The van der Waals surface area contributed by atoms with E-state index >= 15 is 0 Å². The van der Waals surface area contributed by atoms with E-state index in [1.165, 1.54) is 0 Å². The molecule has 14 nitrogen and oxygen atoms in total. The second kappa shape index (κ2) is 14.4. The molecule has 0 bridgehead atoms. The van der Waals surface area contributed by atoms with Gasteiger partial charge in [-0.3, -0.25) is 8.42 Å². The number of rotatable bonds is 9. The van der Waals surface area contributed by atoms with Gasteiger partial charge in [-0.2, -0.15) is 9.97 Å². The predicted molar refractivity (Wildman–Crippen MR) is 224 cm³/mol. The number of ether oxygens (including phenoxy) is 2. The van der Waals surface area contributed by atoms with Crippen LogP contribution in [-0.2, 0) is 44.2 Å². The summed E-state index contributed by atoms with van der Waals surface area (Å²) in [7, 11) is -2.30. The lowest BCUT2D eigenvalue weighted by Crippen LogP contribution is -2.61. The van der Waals surface area contributed by atoms with Crippen LogP contribution < -0.4 is 31.9 Å². The van der Waals surface area contributed by atoms with Crippen LogP contribution in [0, 0.1) is 0 Å². The Morgan fingerprint density at radius 2 is 1.32 bits per heavy atom. The molecule has 0 spiro atoms. The van der Waals surface area contributed by atoms with E-state index in [1.54, 1.807) is 22.7 Å². The number of nitrogens with zero attached hydrogens (tertiary/aromatic N) is 6. The number of anilines is 4. The average Bonchev–Trinajstić information content (AvgIpc) is 3.77. The minimum atomic E-state index is -1.20. The molecule has 0 radical (unpaired) electrons. The lowest BCUT2D eigenvalue weighted by molar-refractivity contribution is -0.0461. The maximum absolute atomic E-state index is 13.6. The maximum Gasteiger partial charge on any atom is 0.228 e. The molecule has 10 rings (SSSR count). The minimum absolute atomic E-state index is 0.418. The van der Waals surface area contributed by atoms with Gasteiger partial charge in [0.2, 0.25) is 11.9 Å². The van der Waals surface area contributed by atoms with Crippen molar-refractivity contribution >= 4 is 88.2 Å². The smallest absolute Gasteiger partial charge is 0.228 e. The van der Waals surface area contributed by atoms with Gasteiger partial charge in [0.25, 0.3) is 0 Å². The van der Waals surface area contributed by atoms with Crippen molar-refractivity contribution in [3.63, 3.8) is 0 Å². The Hall–Kier alpha value is -4.14. The van der Waals surface area contributed by atoms with Gasteiger partial charge in [0.15, 0.2) is 0 Å². The molecule has 2 aromatic carbocycles. The summed E-state index contributed by atoms with van der Waals surface area (Å²) in [6.45, 7) is 5.16. The highest BCUT2D eigenvalue weighted by Gasteiger charge is 2.35. The molecule has 18 heteroatoms. The number of hydrogen-bond donors (Lipinski definition) is 4. The van der Waals surface area contributed by atoms with E-state index in [0.717, 1.165) is 57.6 Å². The standard InChI is InChI=1S/C38H40N10O4S4/c39-37(19-51-20-37)17-41-33-31-26(7-10-53-31)43-35(45-33)48-9-12-56(50)30-6-5-23(13-25(30)16-48)28-14-27-32(54-28)34(42-18-38(40)21-52-22-38)46-36(44-27)47-8-11-55(49)29-4-2-1-3-24(29)15-47/h1-7,10,13-14H,8-9,11-12,15-22,39-40H2,(H,41,43,45)(H,42,44,46). The van der Waals surface area contributed by atoms with Crippen LogP contribution in [0.15, 0.2) is 69.8 Å². The van der Waals surface area contributed by atoms with Crippen LogP contribution in [-0.4, -0.2) is 104 Å². The summed E-state index contributed by atoms with van der Waals surface area (Å²) in [5, 5.41) is 9.02. The fourth-order valence-corrected chi connectivity index (χ4v) is 11.7. The molecule has 0 saturated carbocycles. The average molecular weight is 829 g/mol. The van der Waals surface area contributed by atoms with E-state index in [1.807, 2.05) is 47.8 Å². The lowest BCUT2D eigenvalue weighted by atomic mass is 9.99. The first kappa shape index (κ1) is 36.2. The van der Waals surface area contributed by atoms with Crippen molar-refractivity contribution in [3.05, 3.63) is 71.1 Å². The zero-order valence-electron chi connectivity index (χ0n) is 30.4. The molecule has 6 aromatic rings. The highest BCUT2D eigenvalue weighted by atomic mass is 32.2. The number of thiophene rings is 2. The summed E-state index contributed by atoms with van der Waals surface area (Å²) < 4.78 is 39.4. The minimum Gasteiger partial charge on any atom is -0.377 e. The molecule has 56 heavy (non-hydrogen) atoms. The van der Waals surface area contributed by atoms with E-state index in [0.29, 0.717) is 94.9 Å². The Morgan fingerprint density at radius 3 is 1.98 bits per heavy atom. The normalized spacial score (nSPS) is 21.4. The molecule has 8 heterocycles. The van der Waals surface area contributed by atoms with Crippen molar-refractivity contribution in [2.75, 3.05) is 84.5 Å². The summed E-state index contributed by atoms with van der Waals surface area (Å²) in [5.74, 6) is 3.55. The molecule has 2 atom stereocenters. The molecule has 2 saturated heterocycles. The number of nitrogens with one attached hydrogen (secondary N) is 2. The molecular formula is C38H40N10O4S4. The molecule has 6 N–H and O–H groups in total. The molecule has 2 unspecified atom stereocenters. The fourth-order valence-electron chi connectivity index (χ4n) is 7.34. The van der Waals surface area contributed by atoms with Crippen molar-refractivity contribution in [2.45, 2.75) is 34.0 Å². The number of aromatic nitrogens is 4. The van der Waals surface area contributed by atoms with Crippen molar-refractivity contribution in [2.24, 2.45) is 11.5 Å². The van der Waals surface area contributed by atoms with Crippen LogP contribution in [0.2, 0.25) is 0 Å². The third-order valence-electron chi connectivity index (χ3n) is 10.6. The van der Waals surface area contributed by atoms with Gasteiger partial charge in [-0.1, -0.05) is 24.3 Å². The largest absolute Gasteiger partial charge is 0.377 e. The van der Waals surface area contributed by atoms with E-state index in [-0.39, 0.29) is 0 Å². The number of benzene rings is 2. The molecule has 0 aliphatic carbocycles. The van der Waals surface area contributed by atoms with E-state index in [4.69, 9.17) is 40.9 Å². The van der Waals surface area contributed by atoms with Crippen molar-refractivity contribution in [3.8, 4) is 10.4 Å². The summed E-state index contributed by atoms with van der Waals surface area (Å²) in [4.78, 5) is 27.0. The lowest BCUT2D eigenvalue weighted by Gasteiger charge is -2.37. The van der Waals surface area contributed by atoms with E-state index in [2.05, 4.69) is 32.6 Å². The fraction of sp³-hybridized carbons (Fsp3) is 0.368. The molecule has 4 aromatic heterocycles. The predicted octanol–water partition coefficient (Wildman–Crippen LogP) is 3.90. The van der Waals surface area contributed by atoms with E-state index < -0.39 is 32.7 Å². The Bertz CT molecular complexity index is 2540. The topological polar surface area (TPSA) is 187 Å². The second-order valence-electron chi connectivity index (χ2n) is 15.0. The highest BCUT2D eigenvalue weighted by Crippen LogP contribution is 2.40. The van der Waals surface area contributed by atoms with Gasteiger partial charge in [-0.25, -0.2) is 9.97 Å². The summed E-state index contributed by atoms with van der Waals surface area (Å²) in [6, 6.07) is 18.2. The van der Waals surface area contributed by atoms with Gasteiger partial charge in [-0.15, -0.1) is 22.7 Å². The van der Waals surface area contributed by atoms with Gasteiger partial charge in [-0.05, 0) is 52.4 Å². The van der Waals surface area contributed by atoms with Gasteiger partial charge in [0, 0.05) is 65.4 Å². The summed E-state index contributed by atoms with van der Waals surface area (Å²) in [6.07, 6.45) is 0. The van der Waals surface area contributed by atoms with Crippen LogP contribution in [0.5, 0.6) is 0 Å². The zero-order chi connectivity index (χ0) is 38.0. The molecule has 4 aliphatic heterocycles. The molecule has 0 amide bonds. The third kappa shape index (κ3) is 6.85. The quantitative estimate of drug-likeness (QED) is 0.164.